The summed E-state index contributed by atoms with van der Waals surface area (Å²) in [6.07, 6.45) is 5.23. The molecule has 25 heavy (non-hydrogen) atoms. The molecule has 3 rings (SSSR count). The molecule has 6 heteroatoms. The molecule has 1 aromatic heterocycles. The van der Waals surface area contributed by atoms with E-state index in [1.165, 1.54) is 24.3 Å². The first-order valence-electron chi connectivity index (χ1n) is 7.65. The number of rotatable bonds is 5. The summed E-state index contributed by atoms with van der Waals surface area (Å²) in [6.45, 7) is 0.240. The number of H-pyrrole nitrogens is 1. The van der Waals surface area contributed by atoms with Crippen molar-refractivity contribution in [1.29, 1.82) is 0 Å². The zero-order valence-electron chi connectivity index (χ0n) is 13.2. The highest BCUT2D eigenvalue weighted by Crippen LogP contribution is 2.25. The Morgan fingerprint density at radius 3 is 2.80 bits per heavy atom. The van der Waals surface area contributed by atoms with Gasteiger partial charge in [-0.15, -0.1) is 0 Å². The van der Waals surface area contributed by atoms with E-state index in [4.69, 9.17) is 16.3 Å². The lowest BCUT2D eigenvalue weighted by Gasteiger charge is -2.02. The van der Waals surface area contributed by atoms with E-state index in [0.29, 0.717) is 17.0 Å². The second kappa shape index (κ2) is 7.32. The van der Waals surface area contributed by atoms with Gasteiger partial charge in [0.15, 0.2) is 11.5 Å². The fourth-order valence-corrected chi connectivity index (χ4v) is 2.65. The average Bonchev–Trinajstić information content (AvgIpc) is 2.98. The van der Waals surface area contributed by atoms with Gasteiger partial charge in [-0.1, -0.05) is 17.7 Å². The van der Waals surface area contributed by atoms with Gasteiger partial charge in [-0.25, -0.2) is 4.79 Å². The highest BCUT2D eigenvalue weighted by atomic mass is 35.5. The number of ether oxygens (including phenoxy) is 1. The minimum atomic E-state index is -0.481. The summed E-state index contributed by atoms with van der Waals surface area (Å²) in [5, 5.41) is 20.3. The number of carbonyl (C=O) groups is 1. The fraction of sp³-hybridized carbons (Fsp3) is 0.105. The minimum Gasteiger partial charge on any atom is -0.504 e. The number of aromatic nitrogens is 1. The van der Waals surface area contributed by atoms with Gasteiger partial charge < -0.3 is 19.9 Å². The van der Waals surface area contributed by atoms with Gasteiger partial charge in [-0.2, -0.15) is 0 Å². The molecule has 0 fully saturated rings. The predicted molar refractivity (Wildman–Crippen MR) is 96.8 cm³/mol. The quantitative estimate of drug-likeness (QED) is 0.366. The Kier molecular flexibility index (Phi) is 4.95. The molecule has 0 bridgehead atoms. The molecule has 0 radical (unpaired) electrons. The van der Waals surface area contributed by atoms with Crippen LogP contribution in [0.15, 0.2) is 48.7 Å². The van der Waals surface area contributed by atoms with Crippen molar-refractivity contribution >= 4 is 34.5 Å². The maximum absolute atomic E-state index is 11.8. The van der Waals surface area contributed by atoms with E-state index in [1.807, 2.05) is 24.4 Å². The highest BCUT2D eigenvalue weighted by molar-refractivity contribution is 6.31. The van der Waals surface area contributed by atoms with Crippen molar-refractivity contribution in [3.63, 3.8) is 0 Å². The van der Waals surface area contributed by atoms with Crippen LogP contribution >= 0.6 is 11.6 Å². The van der Waals surface area contributed by atoms with Crippen molar-refractivity contribution in [2.75, 3.05) is 6.61 Å². The lowest BCUT2D eigenvalue weighted by Crippen LogP contribution is -2.04. The van der Waals surface area contributed by atoms with Crippen LogP contribution in [0.5, 0.6) is 11.5 Å². The lowest BCUT2D eigenvalue weighted by atomic mass is 10.1. The summed E-state index contributed by atoms with van der Waals surface area (Å²) < 4.78 is 5.19. The molecule has 5 nitrogen and oxygen atoms in total. The maximum atomic E-state index is 11.8. The van der Waals surface area contributed by atoms with Gasteiger partial charge in [0, 0.05) is 34.6 Å². The molecule has 0 saturated heterocycles. The van der Waals surface area contributed by atoms with Crippen LogP contribution in [-0.4, -0.2) is 27.8 Å². The molecule has 2 aromatic carbocycles. The van der Waals surface area contributed by atoms with E-state index in [0.717, 1.165) is 16.5 Å². The summed E-state index contributed by atoms with van der Waals surface area (Å²) >= 11 is 6.01. The standard InChI is InChI=1S/C19H16ClNO4/c20-14-3-4-16-15(10-14)13(11-21-16)7-8-25-19(24)6-2-12-1-5-17(22)18(23)9-12/h1-6,9-11,21-23H,7-8H2/b6-2+. The largest absolute Gasteiger partial charge is 0.504 e. The molecule has 0 unspecified atom stereocenters. The van der Waals surface area contributed by atoms with Crippen LogP contribution in [0, 0.1) is 0 Å². The molecule has 3 aromatic rings. The number of hydrogen-bond acceptors (Lipinski definition) is 4. The molecular formula is C19H16ClNO4. The molecule has 1 heterocycles. The number of carbonyl (C=O) groups excluding carboxylic acids is 1. The molecular weight excluding hydrogens is 342 g/mol. The number of hydrogen-bond donors (Lipinski definition) is 3. The molecule has 0 aliphatic heterocycles. The van der Waals surface area contributed by atoms with Gasteiger partial charge in [0.1, 0.15) is 0 Å². The molecule has 128 valence electrons. The average molecular weight is 358 g/mol. The van der Waals surface area contributed by atoms with E-state index >= 15 is 0 Å². The summed E-state index contributed by atoms with van der Waals surface area (Å²) in [5.74, 6) is -0.933. The number of benzene rings is 2. The Labute approximate surface area is 149 Å². The van der Waals surface area contributed by atoms with Crippen LogP contribution in [0.2, 0.25) is 5.02 Å². The number of fused-ring (bicyclic) bond motifs is 1. The van der Waals surface area contributed by atoms with Gasteiger partial charge in [0.25, 0.3) is 0 Å². The predicted octanol–water partition coefficient (Wildman–Crippen LogP) is 4.03. The van der Waals surface area contributed by atoms with Crippen LogP contribution in [-0.2, 0) is 16.0 Å². The number of nitrogens with one attached hydrogen (secondary N) is 1. The smallest absolute Gasteiger partial charge is 0.330 e. The topological polar surface area (TPSA) is 82.6 Å². The highest BCUT2D eigenvalue weighted by Gasteiger charge is 2.06. The number of halogens is 1. The maximum Gasteiger partial charge on any atom is 0.330 e. The van der Waals surface area contributed by atoms with Gasteiger partial charge >= 0.3 is 5.97 Å². The lowest BCUT2D eigenvalue weighted by molar-refractivity contribution is -0.137. The Bertz CT molecular complexity index is 946. The van der Waals surface area contributed by atoms with Gasteiger partial charge in [-0.3, -0.25) is 0 Å². The van der Waals surface area contributed by atoms with Crippen molar-refractivity contribution in [1.82, 2.24) is 4.98 Å². The van der Waals surface area contributed by atoms with E-state index in [1.54, 1.807) is 6.07 Å². The molecule has 0 aliphatic rings. The van der Waals surface area contributed by atoms with Crippen molar-refractivity contribution in [2.45, 2.75) is 6.42 Å². The zero-order valence-corrected chi connectivity index (χ0v) is 14.0. The van der Waals surface area contributed by atoms with E-state index < -0.39 is 5.97 Å². The summed E-state index contributed by atoms with van der Waals surface area (Å²) in [7, 11) is 0. The third-order valence-electron chi connectivity index (χ3n) is 3.76. The van der Waals surface area contributed by atoms with Crippen molar-refractivity contribution in [3.05, 3.63) is 64.8 Å². The minimum absolute atomic E-state index is 0.210. The number of esters is 1. The van der Waals surface area contributed by atoms with Crippen LogP contribution in [0.3, 0.4) is 0 Å². The normalized spacial score (nSPS) is 11.2. The van der Waals surface area contributed by atoms with E-state index in [2.05, 4.69) is 4.98 Å². The Balaban J connectivity index is 1.56. The molecule has 3 N–H and O–H groups in total. The Morgan fingerprint density at radius 1 is 1.16 bits per heavy atom. The zero-order chi connectivity index (χ0) is 17.8. The van der Waals surface area contributed by atoms with E-state index in [-0.39, 0.29) is 18.1 Å². The molecule has 0 atom stereocenters. The van der Waals surface area contributed by atoms with Crippen LogP contribution < -0.4 is 0 Å². The number of aromatic hydroxyl groups is 2. The molecule has 0 spiro atoms. The Hall–Kier alpha value is -2.92. The van der Waals surface area contributed by atoms with E-state index in [9.17, 15) is 15.0 Å². The van der Waals surface area contributed by atoms with Crippen molar-refractivity contribution in [2.24, 2.45) is 0 Å². The first-order valence-corrected chi connectivity index (χ1v) is 8.03. The molecule has 0 aliphatic carbocycles. The number of aromatic amines is 1. The third kappa shape index (κ3) is 4.14. The SMILES string of the molecule is O=C(/C=C/c1ccc(O)c(O)c1)OCCc1c[nH]c2ccc(Cl)cc12. The van der Waals surface area contributed by atoms with Crippen molar-refractivity contribution in [3.8, 4) is 11.5 Å². The Morgan fingerprint density at radius 2 is 2.00 bits per heavy atom. The summed E-state index contributed by atoms with van der Waals surface area (Å²) in [4.78, 5) is 14.9. The molecule has 0 saturated carbocycles. The number of phenolic OH excluding ortho intramolecular Hbond substituents is 2. The third-order valence-corrected chi connectivity index (χ3v) is 3.99. The monoisotopic (exact) mass is 357 g/mol. The molecule has 0 amide bonds. The number of phenols is 2. The second-order valence-electron chi connectivity index (χ2n) is 5.50. The van der Waals surface area contributed by atoms with Gasteiger partial charge in [-0.05, 0) is 47.5 Å². The summed E-state index contributed by atoms with van der Waals surface area (Å²) in [6, 6.07) is 9.88. The van der Waals surface area contributed by atoms with Crippen LogP contribution in [0.25, 0.3) is 17.0 Å². The second-order valence-corrected chi connectivity index (χ2v) is 5.94. The van der Waals surface area contributed by atoms with Crippen LogP contribution in [0.4, 0.5) is 0 Å². The first-order chi connectivity index (χ1) is 12.0. The van der Waals surface area contributed by atoms with Crippen molar-refractivity contribution < 1.29 is 19.7 Å². The summed E-state index contributed by atoms with van der Waals surface area (Å²) in [5.41, 5.74) is 2.59. The van der Waals surface area contributed by atoms with Gasteiger partial charge in [0.2, 0.25) is 0 Å². The van der Waals surface area contributed by atoms with Gasteiger partial charge in [0.05, 0.1) is 6.61 Å². The van der Waals surface area contributed by atoms with Crippen LogP contribution in [0.1, 0.15) is 11.1 Å². The first kappa shape index (κ1) is 16.9. The fourth-order valence-electron chi connectivity index (χ4n) is 2.48.